The molecule has 2 heterocycles. The maximum atomic E-state index is 12.3. The van der Waals surface area contributed by atoms with Crippen molar-refractivity contribution < 1.29 is 9.21 Å². The first kappa shape index (κ1) is 13.0. The zero-order chi connectivity index (χ0) is 13.1. The number of nitrogens with zero attached hydrogens (tertiary/aromatic N) is 2. The van der Waals surface area contributed by atoms with E-state index in [0.717, 1.165) is 31.0 Å². The van der Waals surface area contributed by atoms with Gasteiger partial charge < -0.3 is 14.2 Å². The first-order valence-electron chi connectivity index (χ1n) is 6.61. The van der Waals surface area contributed by atoms with Gasteiger partial charge in [0.15, 0.2) is 0 Å². The van der Waals surface area contributed by atoms with Gasteiger partial charge in [-0.15, -0.1) is 0 Å². The molecule has 2 rings (SSSR count). The molecule has 0 aromatic carbocycles. The van der Waals surface area contributed by atoms with Crippen molar-refractivity contribution in [1.82, 2.24) is 9.80 Å². The summed E-state index contributed by atoms with van der Waals surface area (Å²) in [5, 5.41) is 0. The van der Waals surface area contributed by atoms with Gasteiger partial charge in [0.2, 0.25) is 0 Å². The molecule has 4 nitrogen and oxygen atoms in total. The van der Waals surface area contributed by atoms with Crippen LogP contribution in [0.5, 0.6) is 0 Å². The average molecular weight is 250 g/mol. The van der Waals surface area contributed by atoms with Crippen LogP contribution in [0.15, 0.2) is 16.5 Å². The number of piperidine rings is 1. The van der Waals surface area contributed by atoms with Gasteiger partial charge >= 0.3 is 6.03 Å². The highest BCUT2D eigenvalue weighted by Crippen LogP contribution is 2.17. The Labute approximate surface area is 109 Å². The molecule has 1 unspecified atom stereocenters. The summed E-state index contributed by atoms with van der Waals surface area (Å²) >= 11 is 0. The predicted molar refractivity (Wildman–Crippen MR) is 70.3 cm³/mol. The molecule has 1 aliphatic rings. The van der Waals surface area contributed by atoms with Crippen molar-refractivity contribution in [3.8, 4) is 0 Å². The Morgan fingerprint density at radius 3 is 2.94 bits per heavy atom. The Morgan fingerprint density at radius 1 is 1.56 bits per heavy atom. The molecule has 0 spiro atoms. The number of rotatable bonds is 2. The number of aryl methyl sites for hydroxylation is 1. The second-order valence-corrected chi connectivity index (χ2v) is 5.34. The van der Waals surface area contributed by atoms with Gasteiger partial charge in [0, 0.05) is 20.1 Å². The molecule has 1 atom stereocenters. The molecule has 1 fully saturated rings. The summed E-state index contributed by atoms with van der Waals surface area (Å²) in [7, 11) is 1.83. The number of carbonyl (C=O) groups excluding carboxylic acids is 1. The largest absolute Gasteiger partial charge is 0.464 e. The lowest BCUT2D eigenvalue weighted by Crippen LogP contribution is -2.45. The molecule has 0 bridgehead atoms. The topological polar surface area (TPSA) is 36.7 Å². The molecular weight excluding hydrogens is 228 g/mol. The Hall–Kier alpha value is -1.45. The van der Waals surface area contributed by atoms with Crippen LogP contribution in [0.1, 0.15) is 31.3 Å². The summed E-state index contributed by atoms with van der Waals surface area (Å²) in [6.07, 6.45) is 2.34. The molecule has 2 amide bonds. The third-order valence-electron chi connectivity index (χ3n) is 3.44. The van der Waals surface area contributed by atoms with Crippen molar-refractivity contribution in [3.63, 3.8) is 0 Å². The van der Waals surface area contributed by atoms with Crippen molar-refractivity contribution in [1.29, 1.82) is 0 Å². The molecule has 4 heteroatoms. The first-order chi connectivity index (χ1) is 8.56. The normalized spacial score (nSPS) is 19.9. The third kappa shape index (κ3) is 3.06. The number of furan rings is 1. The quantitative estimate of drug-likeness (QED) is 0.809. The van der Waals surface area contributed by atoms with E-state index in [9.17, 15) is 4.79 Å². The number of hydrogen-bond acceptors (Lipinski definition) is 2. The Bertz CT molecular complexity index is 414. The molecule has 1 aromatic heterocycles. The summed E-state index contributed by atoms with van der Waals surface area (Å²) in [6, 6.07) is 3.96. The highest BCUT2D eigenvalue weighted by molar-refractivity contribution is 5.74. The van der Waals surface area contributed by atoms with E-state index in [1.54, 1.807) is 4.90 Å². The van der Waals surface area contributed by atoms with Gasteiger partial charge in [0.05, 0.1) is 6.54 Å². The van der Waals surface area contributed by atoms with Gasteiger partial charge in [-0.05, 0) is 37.8 Å². The maximum absolute atomic E-state index is 12.3. The fraction of sp³-hybridized carbons (Fsp3) is 0.643. The van der Waals surface area contributed by atoms with E-state index in [1.165, 1.54) is 6.42 Å². The van der Waals surface area contributed by atoms with Crippen molar-refractivity contribution in [2.45, 2.75) is 33.2 Å². The lowest BCUT2D eigenvalue weighted by Gasteiger charge is -2.33. The van der Waals surface area contributed by atoms with Gasteiger partial charge in [0.1, 0.15) is 11.5 Å². The van der Waals surface area contributed by atoms with Crippen LogP contribution in [0.2, 0.25) is 0 Å². The van der Waals surface area contributed by atoms with Gasteiger partial charge in [-0.1, -0.05) is 6.92 Å². The van der Waals surface area contributed by atoms with Crippen LogP contribution in [0.4, 0.5) is 4.79 Å². The van der Waals surface area contributed by atoms with E-state index < -0.39 is 0 Å². The maximum Gasteiger partial charge on any atom is 0.320 e. The molecule has 1 aliphatic heterocycles. The van der Waals surface area contributed by atoms with E-state index in [4.69, 9.17) is 4.42 Å². The number of amides is 2. The molecule has 100 valence electrons. The molecule has 18 heavy (non-hydrogen) atoms. The summed E-state index contributed by atoms with van der Waals surface area (Å²) < 4.78 is 5.50. The van der Waals surface area contributed by atoms with Crippen LogP contribution in [-0.4, -0.2) is 36.0 Å². The summed E-state index contributed by atoms with van der Waals surface area (Å²) in [5.41, 5.74) is 0. The number of hydrogen-bond donors (Lipinski definition) is 0. The van der Waals surface area contributed by atoms with Crippen LogP contribution < -0.4 is 0 Å². The molecule has 0 aliphatic carbocycles. The van der Waals surface area contributed by atoms with Gasteiger partial charge in [0.25, 0.3) is 0 Å². The zero-order valence-electron chi connectivity index (χ0n) is 11.5. The van der Waals surface area contributed by atoms with E-state index in [-0.39, 0.29) is 6.03 Å². The summed E-state index contributed by atoms with van der Waals surface area (Å²) in [6.45, 7) is 6.41. The molecule has 0 radical (unpaired) electrons. The summed E-state index contributed by atoms with van der Waals surface area (Å²) in [5.74, 6) is 2.34. The van der Waals surface area contributed by atoms with Gasteiger partial charge in [-0.3, -0.25) is 0 Å². The highest BCUT2D eigenvalue weighted by Gasteiger charge is 2.23. The lowest BCUT2D eigenvalue weighted by molar-refractivity contribution is 0.135. The SMILES string of the molecule is Cc1ccc(CN(C)C(=O)N2CCCC(C)C2)o1. The van der Waals surface area contributed by atoms with Crippen molar-refractivity contribution in [2.75, 3.05) is 20.1 Å². The van der Waals surface area contributed by atoms with E-state index in [0.29, 0.717) is 12.5 Å². The Kier molecular flexibility index (Phi) is 3.94. The molecule has 0 saturated carbocycles. The molecular formula is C14H22N2O2. The number of carbonyl (C=O) groups is 1. The highest BCUT2D eigenvalue weighted by atomic mass is 16.3. The number of likely N-dealkylation sites (tertiary alicyclic amines) is 1. The Morgan fingerprint density at radius 2 is 2.33 bits per heavy atom. The van der Waals surface area contributed by atoms with Crippen LogP contribution in [-0.2, 0) is 6.54 Å². The number of urea groups is 1. The van der Waals surface area contributed by atoms with Gasteiger partial charge in [-0.2, -0.15) is 0 Å². The zero-order valence-corrected chi connectivity index (χ0v) is 11.5. The third-order valence-corrected chi connectivity index (χ3v) is 3.44. The summed E-state index contributed by atoms with van der Waals surface area (Å²) in [4.78, 5) is 15.9. The van der Waals surface area contributed by atoms with Gasteiger partial charge in [-0.25, -0.2) is 4.79 Å². The predicted octanol–water partition coefficient (Wildman–Crippen LogP) is 2.87. The fourth-order valence-electron chi connectivity index (χ4n) is 2.48. The van der Waals surface area contributed by atoms with Crippen molar-refractivity contribution >= 4 is 6.03 Å². The minimum atomic E-state index is 0.107. The molecule has 0 N–H and O–H groups in total. The lowest BCUT2D eigenvalue weighted by atomic mass is 10.0. The monoisotopic (exact) mass is 250 g/mol. The van der Waals surface area contributed by atoms with Crippen LogP contribution in [0.25, 0.3) is 0 Å². The van der Waals surface area contributed by atoms with Crippen molar-refractivity contribution in [2.24, 2.45) is 5.92 Å². The standard InChI is InChI=1S/C14H22N2O2/c1-11-5-4-8-16(9-11)14(17)15(3)10-13-7-6-12(2)18-13/h6-7,11H,4-5,8-10H2,1-3H3. The fourth-order valence-corrected chi connectivity index (χ4v) is 2.48. The molecule has 1 aromatic rings. The molecule has 1 saturated heterocycles. The van der Waals surface area contributed by atoms with Crippen LogP contribution in [0.3, 0.4) is 0 Å². The second kappa shape index (κ2) is 5.46. The van der Waals surface area contributed by atoms with E-state index in [2.05, 4.69) is 6.92 Å². The van der Waals surface area contributed by atoms with Crippen LogP contribution >= 0.6 is 0 Å². The van der Waals surface area contributed by atoms with E-state index >= 15 is 0 Å². The average Bonchev–Trinajstić information content (AvgIpc) is 2.73. The van der Waals surface area contributed by atoms with Crippen molar-refractivity contribution in [3.05, 3.63) is 23.7 Å². The second-order valence-electron chi connectivity index (χ2n) is 5.34. The first-order valence-corrected chi connectivity index (χ1v) is 6.61. The minimum absolute atomic E-state index is 0.107. The van der Waals surface area contributed by atoms with E-state index in [1.807, 2.05) is 31.0 Å². The Balaban J connectivity index is 1.91. The van der Waals surface area contributed by atoms with Crippen LogP contribution in [0, 0.1) is 12.8 Å². The minimum Gasteiger partial charge on any atom is -0.464 e. The smallest absolute Gasteiger partial charge is 0.320 e.